The number of carbonyl (C=O) groups excluding carboxylic acids is 1. The van der Waals surface area contributed by atoms with E-state index in [1.807, 2.05) is 41.9 Å². The van der Waals surface area contributed by atoms with E-state index in [4.69, 9.17) is 4.42 Å². The molecule has 0 aliphatic rings. The SMILES string of the molecule is Cc1cccc(-n2ccnc2SCC(=O)Nc2ccc3oc(=O)n(CCN(C)C)c3c2)c1C. The van der Waals surface area contributed by atoms with Crippen molar-refractivity contribution in [2.24, 2.45) is 0 Å². The smallest absolute Gasteiger partial charge is 0.408 e. The Bertz CT molecular complexity index is 1350. The Morgan fingerprint density at radius 3 is 2.82 bits per heavy atom. The maximum Gasteiger partial charge on any atom is 0.419 e. The Balaban J connectivity index is 1.46. The first-order chi connectivity index (χ1) is 15.8. The molecule has 4 aromatic rings. The number of thioether (sulfide) groups is 1. The van der Waals surface area contributed by atoms with Crippen LogP contribution in [0.1, 0.15) is 11.1 Å². The first-order valence-electron chi connectivity index (χ1n) is 10.6. The van der Waals surface area contributed by atoms with Gasteiger partial charge >= 0.3 is 5.76 Å². The van der Waals surface area contributed by atoms with Crippen molar-refractivity contribution in [2.45, 2.75) is 25.5 Å². The molecular formula is C24H27N5O3S. The van der Waals surface area contributed by atoms with Crippen molar-refractivity contribution in [3.05, 3.63) is 70.5 Å². The van der Waals surface area contributed by atoms with Crippen LogP contribution in [-0.4, -0.2) is 51.3 Å². The fourth-order valence-electron chi connectivity index (χ4n) is 3.56. The molecule has 0 atom stereocenters. The molecule has 0 radical (unpaired) electrons. The molecule has 0 bridgehead atoms. The number of imidazole rings is 1. The number of hydrogen-bond donors (Lipinski definition) is 1. The summed E-state index contributed by atoms with van der Waals surface area (Å²) in [7, 11) is 3.89. The molecule has 0 saturated carbocycles. The number of nitrogens with zero attached hydrogens (tertiary/aromatic N) is 4. The third-order valence-electron chi connectivity index (χ3n) is 5.50. The number of amides is 1. The van der Waals surface area contributed by atoms with E-state index in [0.717, 1.165) is 10.8 Å². The molecule has 2 heterocycles. The van der Waals surface area contributed by atoms with Gasteiger partial charge in [0.1, 0.15) is 0 Å². The molecular weight excluding hydrogens is 438 g/mol. The summed E-state index contributed by atoms with van der Waals surface area (Å²) < 4.78 is 8.91. The van der Waals surface area contributed by atoms with Gasteiger partial charge in [0, 0.05) is 31.2 Å². The molecule has 0 fully saturated rings. The fraction of sp³-hybridized carbons (Fsp3) is 0.292. The standard InChI is InChI=1S/C24H27N5O3S/c1-16-6-5-7-19(17(16)2)28-11-10-25-23(28)33-15-22(30)26-18-8-9-21-20(14-18)29(24(31)32-21)13-12-27(3)4/h5-11,14H,12-13,15H2,1-4H3,(H,26,30). The van der Waals surface area contributed by atoms with E-state index in [1.54, 1.807) is 29.0 Å². The lowest BCUT2D eigenvalue weighted by molar-refractivity contribution is -0.113. The zero-order valence-electron chi connectivity index (χ0n) is 19.2. The molecule has 2 aromatic carbocycles. The minimum atomic E-state index is -0.399. The molecule has 33 heavy (non-hydrogen) atoms. The predicted molar refractivity (Wildman–Crippen MR) is 131 cm³/mol. The summed E-state index contributed by atoms with van der Waals surface area (Å²) in [5.74, 6) is -0.344. The van der Waals surface area contributed by atoms with E-state index in [1.165, 1.54) is 22.9 Å². The molecule has 8 nitrogen and oxygen atoms in total. The average molecular weight is 466 g/mol. The largest absolute Gasteiger partial charge is 0.419 e. The maximum atomic E-state index is 12.7. The van der Waals surface area contributed by atoms with Gasteiger partial charge < -0.3 is 14.6 Å². The second-order valence-corrected chi connectivity index (χ2v) is 9.08. The molecule has 0 spiro atoms. The van der Waals surface area contributed by atoms with Crippen LogP contribution in [0, 0.1) is 13.8 Å². The Hall–Kier alpha value is -3.30. The lowest BCUT2D eigenvalue weighted by Crippen LogP contribution is -2.23. The van der Waals surface area contributed by atoms with Gasteiger partial charge in [-0.25, -0.2) is 9.78 Å². The van der Waals surface area contributed by atoms with Gasteiger partial charge in [-0.3, -0.25) is 13.9 Å². The maximum absolute atomic E-state index is 12.7. The molecule has 0 aliphatic heterocycles. The zero-order chi connectivity index (χ0) is 23.5. The highest BCUT2D eigenvalue weighted by molar-refractivity contribution is 7.99. The summed E-state index contributed by atoms with van der Waals surface area (Å²) in [5, 5.41) is 3.66. The minimum Gasteiger partial charge on any atom is -0.408 e. The number of hydrogen-bond acceptors (Lipinski definition) is 6. The molecule has 4 rings (SSSR count). The van der Waals surface area contributed by atoms with Crippen LogP contribution in [0.25, 0.3) is 16.8 Å². The summed E-state index contributed by atoms with van der Waals surface area (Å²) in [6.07, 6.45) is 3.64. The van der Waals surface area contributed by atoms with E-state index in [-0.39, 0.29) is 11.7 Å². The number of rotatable bonds is 8. The van der Waals surface area contributed by atoms with E-state index >= 15 is 0 Å². The number of likely N-dealkylation sites (N-methyl/N-ethyl adjacent to an activating group) is 1. The molecule has 2 aromatic heterocycles. The van der Waals surface area contributed by atoms with E-state index in [0.29, 0.717) is 29.9 Å². The van der Waals surface area contributed by atoms with E-state index in [2.05, 4.69) is 30.2 Å². The van der Waals surface area contributed by atoms with Crippen LogP contribution in [-0.2, 0) is 11.3 Å². The first kappa shape index (κ1) is 22.9. The molecule has 1 amide bonds. The first-order valence-corrected chi connectivity index (χ1v) is 11.6. The molecule has 0 unspecified atom stereocenters. The van der Waals surface area contributed by atoms with Crippen LogP contribution in [0.2, 0.25) is 0 Å². The minimum absolute atomic E-state index is 0.152. The third-order valence-corrected chi connectivity index (χ3v) is 6.46. The second-order valence-electron chi connectivity index (χ2n) is 8.14. The van der Waals surface area contributed by atoms with Crippen molar-refractivity contribution in [3.8, 4) is 5.69 Å². The normalized spacial score (nSPS) is 11.4. The van der Waals surface area contributed by atoms with Crippen LogP contribution in [0.3, 0.4) is 0 Å². The van der Waals surface area contributed by atoms with Crippen molar-refractivity contribution >= 4 is 34.5 Å². The summed E-state index contributed by atoms with van der Waals surface area (Å²) in [6, 6.07) is 11.4. The topological polar surface area (TPSA) is 85.3 Å². The summed E-state index contributed by atoms with van der Waals surface area (Å²) in [6.45, 7) is 5.37. The van der Waals surface area contributed by atoms with Gasteiger partial charge in [0.05, 0.1) is 17.0 Å². The molecule has 172 valence electrons. The van der Waals surface area contributed by atoms with Gasteiger partial charge in [-0.2, -0.15) is 0 Å². The van der Waals surface area contributed by atoms with Gasteiger partial charge in [0.2, 0.25) is 5.91 Å². The lowest BCUT2D eigenvalue weighted by Gasteiger charge is -2.12. The van der Waals surface area contributed by atoms with Crippen LogP contribution >= 0.6 is 11.8 Å². The average Bonchev–Trinajstić information content (AvgIpc) is 3.36. The highest BCUT2D eigenvalue weighted by atomic mass is 32.2. The van der Waals surface area contributed by atoms with Gasteiger partial charge in [0.25, 0.3) is 0 Å². The van der Waals surface area contributed by atoms with Crippen molar-refractivity contribution in [2.75, 3.05) is 31.7 Å². The number of nitrogens with one attached hydrogen (secondary N) is 1. The van der Waals surface area contributed by atoms with Crippen molar-refractivity contribution in [3.63, 3.8) is 0 Å². The fourth-order valence-corrected chi connectivity index (χ4v) is 4.32. The van der Waals surface area contributed by atoms with Gasteiger partial charge in [0.15, 0.2) is 10.7 Å². The van der Waals surface area contributed by atoms with Crippen LogP contribution in [0.15, 0.2) is 63.2 Å². The number of aromatic nitrogens is 3. The van der Waals surface area contributed by atoms with Gasteiger partial charge in [-0.15, -0.1) is 0 Å². The third kappa shape index (κ3) is 5.04. The Morgan fingerprint density at radius 1 is 1.21 bits per heavy atom. The number of anilines is 1. The summed E-state index contributed by atoms with van der Waals surface area (Å²) >= 11 is 1.37. The Labute approximate surface area is 196 Å². The van der Waals surface area contributed by atoms with Crippen molar-refractivity contribution < 1.29 is 9.21 Å². The van der Waals surface area contributed by atoms with Gasteiger partial charge in [-0.1, -0.05) is 23.9 Å². The van der Waals surface area contributed by atoms with Crippen molar-refractivity contribution in [1.29, 1.82) is 0 Å². The lowest BCUT2D eigenvalue weighted by atomic mass is 10.1. The second kappa shape index (κ2) is 9.68. The highest BCUT2D eigenvalue weighted by Crippen LogP contribution is 2.25. The number of aryl methyl sites for hydroxylation is 1. The predicted octanol–water partition coefficient (Wildman–Crippen LogP) is 3.69. The monoisotopic (exact) mass is 465 g/mol. The van der Waals surface area contributed by atoms with Gasteiger partial charge in [-0.05, 0) is 63.3 Å². The highest BCUT2D eigenvalue weighted by Gasteiger charge is 2.14. The molecule has 0 saturated heterocycles. The Morgan fingerprint density at radius 2 is 2.03 bits per heavy atom. The molecule has 0 aliphatic carbocycles. The zero-order valence-corrected chi connectivity index (χ0v) is 20.0. The number of fused-ring (bicyclic) bond motifs is 1. The van der Waals surface area contributed by atoms with E-state index in [9.17, 15) is 9.59 Å². The van der Waals surface area contributed by atoms with Crippen molar-refractivity contribution in [1.82, 2.24) is 19.0 Å². The quantitative estimate of drug-likeness (QED) is 0.400. The molecule has 9 heteroatoms. The summed E-state index contributed by atoms with van der Waals surface area (Å²) in [5.41, 5.74) is 5.21. The summed E-state index contributed by atoms with van der Waals surface area (Å²) in [4.78, 5) is 31.3. The van der Waals surface area contributed by atoms with Crippen LogP contribution in [0.5, 0.6) is 0 Å². The molecule has 1 N–H and O–H groups in total. The van der Waals surface area contributed by atoms with E-state index < -0.39 is 5.76 Å². The number of carbonyl (C=O) groups is 1. The van der Waals surface area contributed by atoms with Crippen LogP contribution < -0.4 is 11.1 Å². The number of oxazole rings is 1. The number of benzene rings is 2. The van der Waals surface area contributed by atoms with Crippen LogP contribution in [0.4, 0.5) is 5.69 Å². The Kier molecular flexibility index (Phi) is 6.71.